The number of nitrogens with two attached hydrogens (primary N) is 1. The first-order valence-electron chi connectivity index (χ1n) is 6.17. The maximum atomic E-state index is 9.33. The van der Waals surface area contributed by atoms with Crippen molar-refractivity contribution >= 4 is 22.7 Å². The smallest absolute Gasteiger partial charge is 0.0787 e. The van der Waals surface area contributed by atoms with Crippen LogP contribution in [0.25, 0.3) is 10.4 Å². The first-order valence-corrected chi connectivity index (χ1v) is 7.05. The molecule has 0 aliphatic rings. The Morgan fingerprint density at radius 1 is 1.32 bits per heavy atom. The molecule has 2 aromatic rings. The molecule has 0 saturated carbocycles. The van der Waals surface area contributed by atoms with Gasteiger partial charge in [-0.05, 0) is 36.1 Å². The van der Waals surface area contributed by atoms with Crippen molar-refractivity contribution in [3.8, 4) is 10.4 Å². The van der Waals surface area contributed by atoms with Crippen LogP contribution in [0.1, 0.15) is 6.42 Å². The van der Waals surface area contributed by atoms with Crippen LogP contribution in [0.4, 0.5) is 11.4 Å². The normalized spacial score (nSPS) is 12.3. The maximum Gasteiger partial charge on any atom is 0.0787 e. The second-order valence-corrected chi connectivity index (χ2v) is 5.28. The summed E-state index contributed by atoms with van der Waals surface area (Å²) >= 11 is 1.66. The topological polar surface area (TPSA) is 78.5 Å². The minimum Gasteiger partial charge on any atom is -0.399 e. The van der Waals surface area contributed by atoms with Crippen LogP contribution < -0.4 is 11.1 Å². The second-order valence-electron chi connectivity index (χ2n) is 4.33. The molecule has 2 rings (SSSR count). The lowest BCUT2D eigenvalue weighted by atomic mass is 10.1. The summed E-state index contributed by atoms with van der Waals surface area (Å²) in [5.41, 5.74) is 8.61. The molecule has 0 saturated heterocycles. The predicted octanol–water partition coefficient (Wildman–Crippen LogP) is 2.15. The van der Waals surface area contributed by atoms with E-state index in [0.29, 0.717) is 13.0 Å². The summed E-state index contributed by atoms with van der Waals surface area (Å²) < 4.78 is 0. The fraction of sp³-hybridized carbons (Fsp3) is 0.286. The number of aliphatic hydroxyl groups excluding tert-OH is 2. The van der Waals surface area contributed by atoms with Gasteiger partial charge < -0.3 is 21.3 Å². The summed E-state index contributed by atoms with van der Waals surface area (Å²) in [5, 5.41) is 23.4. The molecule has 5 N–H and O–H groups in total. The van der Waals surface area contributed by atoms with Crippen molar-refractivity contribution in [1.82, 2.24) is 0 Å². The van der Waals surface area contributed by atoms with E-state index in [0.717, 1.165) is 21.8 Å². The Labute approximate surface area is 116 Å². The number of thiophene rings is 1. The van der Waals surface area contributed by atoms with Gasteiger partial charge in [-0.15, -0.1) is 11.3 Å². The fourth-order valence-corrected chi connectivity index (χ4v) is 2.57. The van der Waals surface area contributed by atoms with Gasteiger partial charge in [-0.1, -0.05) is 6.07 Å². The van der Waals surface area contributed by atoms with Gasteiger partial charge in [0, 0.05) is 28.4 Å². The lowest BCUT2D eigenvalue weighted by Gasteiger charge is -2.13. The Morgan fingerprint density at radius 3 is 2.84 bits per heavy atom. The molecule has 0 bridgehead atoms. The summed E-state index contributed by atoms with van der Waals surface area (Å²) in [6.45, 7) is 0.394. The van der Waals surface area contributed by atoms with Gasteiger partial charge in [0.05, 0.1) is 12.7 Å². The van der Waals surface area contributed by atoms with Gasteiger partial charge in [-0.3, -0.25) is 0 Å². The van der Waals surface area contributed by atoms with Gasteiger partial charge in [-0.25, -0.2) is 0 Å². The van der Waals surface area contributed by atoms with E-state index in [4.69, 9.17) is 10.8 Å². The molecular weight excluding hydrogens is 260 g/mol. The number of hydrogen-bond acceptors (Lipinski definition) is 5. The molecule has 1 aromatic heterocycles. The quantitative estimate of drug-likeness (QED) is 0.611. The Kier molecular flexibility index (Phi) is 4.79. The van der Waals surface area contributed by atoms with Crippen LogP contribution in [-0.2, 0) is 0 Å². The molecule has 0 aliphatic heterocycles. The number of nitrogens with one attached hydrogen (secondary N) is 1. The number of aliphatic hydroxyl groups is 2. The molecule has 1 heterocycles. The first-order chi connectivity index (χ1) is 9.20. The third kappa shape index (κ3) is 3.70. The molecule has 0 fully saturated rings. The van der Waals surface area contributed by atoms with Crippen molar-refractivity contribution in [3.63, 3.8) is 0 Å². The molecule has 19 heavy (non-hydrogen) atoms. The van der Waals surface area contributed by atoms with Crippen molar-refractivity contribution in [2.45, 2.75) is 12.5 Å². The van der Waals surface area contributed by atoms with Gasteiger partial charge in [0.2, 0.25) is 0 Å². The lowest BCUT2D eigenvalue weighted by molar-refractivity contribution is 0.0911. The minimum absolute atomic E-state index is 0.207. The molecule has 0 radical (unpaired) electrons. The van der Waals surface area contributed by atoms with Gasteiger partial charge in [0.25, 0.3) is 0 Å². The zero-order valence-electron chi connectivity index (χ0n) is 10.5. The summed E-state index contributed by atoms with van der Waals surface area (Å²) in [6.07, 6.45) is -0.170. The zero-order chi connectivity index (χ0) is 13.7. The van der Waals surface area contributed by atoms with Crippen molar-refractivity contribution in [2.24, 2.45) is 0 Å². The number of rotatable bonds is 6. The number of nitrogen functional groups attached to an aromatic ring is 1. The van der Waals surface area contributed by atoms with E-state index < -0.39 is 6.10 Å². The highest BCUT2D eigenvalue weighted by Crippen LogP contribution is 2.33. The number of hydrogen-bond donors (Lipinski definition) is 4. The Bertz CT molecular complexity index is 514. The van der Waals surface area contributed by atoms with Gasteiger partial charge in [0.1, 0.15) is 0 Å². The highest BCUT2D eigenvalue weighted by Gasteiger charge is 2.07. The fourth-order valence-electron chi connectivity index (χ4n) is 1.82. The number of anilines is 2. The van der Waals surface area contributed by atoms with Crippen molar-refractivity contribution in [1.29, 1.82) is 0 Å². The third-order valence-electron chi connectivity index (χ3n) is 2.83. The monoisotopic (exact) mass is 278 g/mol. The van der Waals surface area contributed by atoms with Crippen molar-refractivity contribution < 1.29 is 10.2 Å². The first kappa shape index (κ1) is 13.9. The van der Waals surface area contributed by atoms with E-state index in [2.05, 4.69) is 5.32 Å². The summed E-state index contributed by atoms with van der Waals surface area (Å²) in [7, 11) is 0. The van der Waals surface area contributed by atoms with E-state index in [1.165, 1.54) is 0 Å². The molecule has 102 valence electrons. The van der Waals surface area contributed by atoms with Crippen LogP contribution in [0.3, 0.4) is 0 Å². The summed E-state index contributed by atoms with van der Waals surface area (Å²) in [6, 6.07) is 9.78. The van der Waals surface area contributed by atoms with Crippen LogP contribution in [0.2, 0.25) is 0 Å². The number of benzene rings is 1. The molecule has 0 aliphatic carbocycles. The van der Waals surface area contributed by atoms with Crippen LogP contribution >= 0.6 is 11.3 Å². The van der Waals surface area contributed by atoms with Gasteiger partial charge in [0.15, 0.2) is 0 Å². The van der Waals surface area contributed by atoms with Crippen LogP contribution in [0, 0.1) is 0 Å². The van der Waals surface area contributed by atoms with Crippen LogP contribution in [0.5, 0.6) is 0 Å². The summed E-state index contributed by atoms with van der Waals surface area (Å²) in [5.74, 6) is 0. The summed E-state index contributed by atoms with van der Waals surface area (Å²) in [4.78, 5) is 1.15. The van der Waals surface area contributed by atoms with E-state index in [-0.39, 0.29) is 6.61 Å². The molecule has 1 aromatic carbocycles. The molecule has 0 spiro atoms. The Hall–Kier alpha value is -1.56. The van der Waals surface area contributed by atoms with E-state index in [1.54, 1.807) is 11.3 Å². The molecule has 1 unspecified atom stereocenters. The van der Waals surface area contributed by atoms with Crippen LogP contribution in [0.15, 0.2) is 35.7 Å². The molecule has 0 amide bonds. The predicted molar refractivity (Wildman–Crippen MR) is 80.4 cm³/mol. The van der Waals surface area contributed by atoms with Crippen molar-refractivity contribution in [2.75, 3.05) is 24.2 Å². The van der Waals surface area contributed by atoms with E-state index >= 15 is 0 Å². The minimum atomic E-state index is -0.675. The van der Waals surface area contributed by atoms with Crippen LogP contribution in [-0.4, -0.2) is 29.5 Å². The largest absolute Gasteiger partial charge is 0.399 e. The van der Waals surface area contributed by atoms with Gasteiger partial charge in [-0.2, -0.15) is 0 Å². The second kappa shape index (κ2) is 6.56. The molecule has 4 nitrogen and oxygen atoms in total. The zero-order valence-corrected chi connectivity index (χ0v) is 11.4. The standard InChI is InChI=1S/C14H18N2O2S/c15-10-3-4-13(16-6-5-11(18)9-17)12(8-10)14-2-1-7-19-14/h1-4,7-8,11,16-18H,5-6,9,15H2. The highest BCUT2D eigenvalue weighted by molar-refractivity contribution is 7.13. The lowest BCUT2D eigenvalue weighted by Crippen LogP contribution is -2.17. The molecule has 1 atom stereocenters. The van der Waals surface area contributed by atoms with Gasteiger partial charge >= 0.3 is 0 Å². The Morgan fingerprint density at radius 2 is 2.16 bits per heavy atom. The average Bonchev–Trinajstić information content (AvgIpc) is 2.94. The van der Waals surface area contributed by atoms with E-state index in [9.17, 15) is 5.11 Å². The molecular formula is C14H18N2O2S. The third-order valence-corrected chi connectivity index (χ3v) is 3.74. The van der Waals surface area contributed by atoms with E-state index in [1.807, 2.05) is 35.7 Å². The Balaban J connectivity index is 2.12. The average molecular weight is 278 g/mol. The SMILES string of the molecule is Nc1ccc(NCCC(O)CO)c(-c2cccs2)c1. The molecule has 5 heteroatoms. The maximum absolute atomic E-state index is 9.33. The van der Waals surface area contributed by atoms with Crippen molar-refractivity contribution in [3.05, 3.63) is 35.7 Å². The highest BCUT2D eigenvalue weighted by atomic mass is 32.1.